The molecule has 0 saturated heterocycles. The highest BCUT2D eigenvalue weighted by Crippen LogP contribution is 2.24. The number of aromatic nitrogens is 1. The third-order valence-electron chi connectivity index (χ3n) is 4.05. The summed E-state index contributed by atoms with van der Waals surface area (Å²) in [6.45, 7) is 1.59. The van der Waals surface area contributed by atoms with Gasteiger partial charge < -0.3 is 24.4 Å². The van der Waals surface area contributed by atoms with Crippen molar-refractivity contribution >= 4 is 11.6 Å². The van der Waals surface area contributed by atoms with Crippen LogP contribution in [0.15, 0.2) is 34.9 Å². The van der Waals surface area contributed by atoms with E-state index in [0.717, 1.165) is 25.7 Å². The Morgan fingerprint density at radius 3 is 2.76 bits per heavy atom. The molecule has 1 amide bonds. The van der Waals surface area contributed by atoms with Crippen LogP contribution in [0.3, 0.4) is 0 Å². The molecule has 0 radical (unpaired) electrons. The average molecular weight is 346 g/mol. The normalized spacial score (nSPS) is 20.1. The first-order valence-corrected chi connectivity index (χ1v) is 8.41. The Morgan fingerprint density at radius 2 is 2.08 bits per heavy atom. The van der Waals surface area contributed by atoms with Crippen LogP contribution in [0.1, 0.15) is 31.4 Å². The molecule has 25 heavy (non-hydrogen) atoms. The lowest BCUT2D eigenvalue weighted by Crippen LogP contribution is -2.34. The van der Waals surface area contributed by atoms with Gasteiger partial charge in [0.2, 0.25) is 0 Å². The molecule has 1 heterocycles. The average Bonchev–Trinajstić information content (AvgIpc) is 3.02. The Morgan fingerprint density at radius 1 is 1.32 bits per heavy atom. The number of hydrogen-bond acceptors (Lipinski definition) is 6. The van der Waals surface area contributed by atoms with Crippen molar-refractivity contribution in [3.63, 3.8) is 0 Å². The number of nitrogens with one attached hydrogen (secondary N) is 1. The number of aryl methyl sites for hydroxylation is 1. The van der Waals surface area contributed by atoms with Crippen LogP contribution in [0, 0.1) is 6.92 Å². The Balaban J connectivity index is 1.47. The van der Waals surface area contributed by atoms with Crippen LogP contribution in [0.5, 0.6) is 11.6 Å². The lowest BCUT2D eigenvalue weighted by Gasteiger charge is -2.28. The number of hydrogen-bond donors (Lipinski definition) is 2. The van der Waals surface area contributed by atoms with Crippen LogP contribution in [-0.2, 0) is 4.79 Å². The third-order valence-corrected chi connectivity index (χ3v) is 4.05. The zero-order valence-electron chi connectivity index (χ0n) is 14.1. The second kappa shape index (κ2) is 8.02. The van der Waals surface area contributed by atoms with Crippen molar-refractivity contribution < 1.29 is 23.9 Å². The van der Waals surface area contributed by atoms with Crippen LogP contribution < -0.4 is 14.8 Å². The molecule has 0 bridgehead atoms. The fraction of sp³-hybridized carbons (Fsp3) is 0.444. The van der Waals surface area contributed by atoms with E-state index in [2.05, 4.69) is 10.5 Å². The van der Waals surface area contributed by atoms with Gasteiger partial charge in [-0.1, -0.05) is 6.42 Å². The predicted molar refractivity (Wildman–Crippen MR) is 90.7 cm³/mol. The van der Waals surface area contributed by atoms with Crippen molar-refractivity contribution in [2.24, 2.45) is 0 Å². The van der Waals surface area contributed by atoms with Crippen molar-refractivity contribution in [3.05, 3.63) is 36.1 Å². The molecule has 1 aliphatic rings. The van der Waals surface area contributed by atoms with E-state index < -0.39 is 6.10 Å². The molecule has 3 rings (SSSR count). The lowest BCUT2D eigenvalue weighted by atomic mass is 9.95. The maximum Gasteiger partial charge on any atom is 0.262 e. The molecule has 2 N–H and O–H groups in total. The summed E-state index contributed by atoms with van der Waals surface area (Å²) in [5.74, 6) is 1.28. The lowest BCUT2D eigenvalue weighted by molar-refractivity contribution is -0.118. The molecule has 0 unspecified atom stereocenters. The first kappa shape index (κ1) is 17.3. The van der Waals surface area contributed by atoms with Gasteiger partial charge >= 0.3 is 0 Å². The summed E-state index contributed by atoms with van der Waals surface area (Å²) >= 11 is 0. The summed E-state index contributed by atoms with van der Waals surface area (Å²) in [7, 11) is 0. The monoisotopic (exact) mass is 346 g/mol. The molecule has 7 nitrogen and oxygen atoms in total. The van der Waals surface area contributed by atoms with Crippen LogP contribution in [0.25, 0.3) is 0 Å². The van der Waals surface area contributed by atoms with Crippen molar-refractivity contribution in [1.29, 1.82) is 0 Å². The third kappa shape index (κ3) is 4.96. The molecule has 1 fully saturated rings. The zero-order valence-corrected chi connectivity index (χ0v) is 14.1. The van der Waals surface area contributed by atoms with Crippen LogP contribution in [0.4, 0.5) is 5.69 Å². The maximum atomic E-state index is 11.9. The van der Waals surface area contributed by atoms with Crippen molar-refractivity contribution in [2.45, 2.75) is 44.8 Å². The second-order valence-electron chi connectivity index (χ2n) is 6.15. The van der Waals surface area contributed by atoms with Gasteiger partial charge in [-0.25, -0.2) is 0 Å². The van der Waals surface area contributed by atoms with E-state index >= 15 is 0 Å². The van der Waals surface area contributed by atoms with E-state index in [1.54, 1.807) is 37.3 Å². The first-order valence-electron chi connectivity index (χ1n) is 8.41. The standard InChI is InChI=1S/C18H22N2O5/c1-12-10-18(20-25-12)23-11-17(22)19-13-6-8-14(9-7-13)24-16-5-3-2-4-15(16)21/h6-10,15-16,21H,2-5,11H2,1H3,(H,19,22)/t15-,16-/m0/s1. The zero-order chi connectivity index (χ0) is 17.6. The number of aliphatic hydroxyl groups excluding tert-OH is 1. The minimum atomic E-state index is -0.412. The second-order valence-corrected chi connectivity index (χ2v) is 6.15. The molecule has 0 spiro atoms. The predicted octanol–water partition coefficient (Wildman–Crippen LogP) is 2.68. The topological polar surface area (TPSA) is 93.8 Å². The van der Waals surface area contributed by atoms with Crippen LogP contribution in [0.2, 0.25) is 0 Å². The number of aliphatic hydroxyl groups is 1. The van der Waals surface area contributed by atoms with E-state index in [1.165, 1.54) is 0 Å². The quantitative estimate of drug-likeness (QED) is 0.835. The molecule has 2 atom stereocenters. The molecule has 7 heteroatoms. The number of anilines is 1. The van der Waals surface area contributed by atoms with Gasteiger partial charge in [0.1, 0.15) is 17.6 Å². The van der Waals surface area contributed by atoms with Gasteiger partial charge in [0, 0.05) is 11.8 Å². The summed E-state index contributed by atoms with van der Waals surface area (Å²) in [6.07, 6.45) is 3.18. The highest BCUT2D eigenvalue weighted by molar-refractivity contribution is 5.91. The van der Waals surface area contributed by atoms with Gasteiger partial charge in [-0.3, -0.25) is 4.79 Å². The minimum Gasteiger partial charge on any atom is -0.488 e. The Kier molecular flexibility index (Phi) is 5.55. The summed E-state index contributed by atoms with van der Waals surface area (Å²) in [5.41, 5.74) is 0.640. The summed E-state index contributed by atoms with van der Waals surface area (Å²) < 4.78 is 15.9. The SMILES string of the molecule is Cc1cc(OCC(=O)Nc2ccc(O[C@H]3CCCC[C@@H]3O)cc2)no1. The minimum absolute atomic E-state index is 0.154. The highest BCUT2D eigenvalue weighted by atomic mass is 16.5. The molecule has 1 aromatic carbocycles. The Hall–Kier alpha value is -2.54. The van der Waals surface area contributed by atoms with Crippen LogP contribution >= 0.6 is 0 Å². The smallest absolute Gasteiger partial charge is 0.262 e. The Labute approximate surface area is 145 Å². The number of nitrogens with zero attached hydrogens (tertiary/aromatic N) is 1. The van der Waals surface area contributed by atoms with Gasteiger partial charge in [-0.05, 0) is 55.6 Å². The molecule has 0 aliphatic heterocycles. The summed E-state index contributed by atoms with van der Waals surface area (Å²) in [5, 5.41) is 16.3. The van der Waals surface area contributed by atoms with Crippen molar-refractivity contribution in [3.8, 4) is 11.6 Å². The van der Waals surface area contributed by atoms with Crippen molar-refractivity contribution in [2.75, 3.05) is 11.9 Å². The molecule has 2 aromatic rings. The Bertz CT molecular complexity index is 698. The number of benzene rings is 1. The number of carbonyl (C=O) groups excluding carboxylic acids is 1. The summed E-state index contributed by atoms with van der Waals surface area (Å²) in [4.78, 5) is 11.9. The molecule has 1 aromatic heterocycles. The number of ether oxygens (including phenoxy) is 2. The summed E-state index contributed by atoms with van der Waals surface area (Å²) in [6, 6.07) is 8.67. The molecular weight excluding hydrogens is 324 g/mol. The number of carbonyl (C=O) groups is 1. The molecular formula is C18H22N2O5. The fourth-order valence-corrected chi connectivity index (χ4v) is 2.75. The maximum absolute atomic E-state index is 11.9. The van der Waals surface area contributed by atoms with Crippen LogP contribution in [-0.4, -0.2) is 35.0 Å². The first-order chi connectivity index (χ1) is 12.1. The number of rotatable bonds is 6. The van der Waals surface area contributed by atoms with E-state index in [9.17, 15) is 9.90 Å². The van der Waals surface area contributed by atoms with E-state index in [4.69, 9.17) is 14.0 Å². The van der Waals surface area contributed by atoms with E-state index in [0.29, 0.717) is 17.2 Å². The fourth-order valence-electron chi connectivity index (χ4n) is 2.75. The van der Waals surface area contributed by atoms with Gasteiger partial charge in [-0.2, -0.15) is 0 Å². The van der Waals surface area contributed by atoms with E-state index in [-0.39, 0.29) is 24.5 Å². The van der Waals surface area contributed by atoms with Gasteiger partial charge in [-0.15, -0.1) is 0 Å². The highest BCUT2D eigenvalue weighted by Gasteiger charge is 2.24. The van der Waals surface area contributed by atoms with Gasteiger partial charge in [0.25, 0.3) is 11.8 Å². The van der Waals surface area contributed by atoms with Gasteiger partial charge in [0.05, 0.1) is 6.10 Å². The molecule has 134 valence electrons. The largest absolute Gasteiger partial charge is 0.488 e. The molecule has 1 saturated carbocycles. The van der Waals surface area contributed by atoms with Crippen molar-refractivity contribution in [1.82, 2.24) is 5.16 Å². The van der Waals surface area contributed by atoms with Gasteiger partial charge in [0.15, 0.2) is 6.61 Å². The number of amides is 1. The molecule has 1 aliphatic carbocycles. The van der Waals surface area contributed by atoms with E-state index in [1.807, 2.05) is 0 Å².